The van der Waals surface area contributed by atoms with Crippen LogP contribution >= 0.6 is 11.6 Å². The molecule has 0 unspecified atom stereocenters. The average molecular weight is 212 g/mol. The maximum atomic E-state index is 5.62. The first-order valence-electron chi connectivity index (χ1n) is 5.03. The van der Waals surface area contributed by atoms with E-state index < -0.39 is 0 Å². The van der Waals surface area contributed by atoms with Crippen LogP contribution in [0.1, 0.15) is 23.1 Å². The standard InChI is InChI=1S/C12H18ClN/c1-9-7-11(3)12(8-10(9)2)14-6-4-5-13/h7-8,14H,4-6H2,1-3H3. The van der Waals surface area contributed by atoms with Crippen LogP contribution in [0.4, 0.5) is 5.69 Å². The molecule has 2 heteroatoms. The van der Waals surface area contributed by atoms with Crippen molar-refractivity contribution in [1.82, 2.24) is 0 Å². The predicted molar refractivity (Wildman–Crippen MR) is 64.5 cm³/mol. The highest BCUT2D eigenvalue weighted by Crippen LogP contribution is 2.19. The zero-order valence-corrected chi connectivity index (χ0v) is 9.91. The maximum Gasteiger partial charge on any atom is 0.0372 e. The number of alkyl halides is 1. The Morgan fingerprint density at radius 2 is 1.71 bits per heavy atom. The van der Waals surface area contributed by atoms with Crippen molar-refractivity contribution in [2.45, 2.75) is 27.2 Å². The summed E-state index contributed by atoms with van der Waals surface area (Å²) in [5, 5.41) is 3.40. The molecule has 0 saturated heterocycles. The van der Waals surface area contributed by atoms with Crippen LogP contribution in [0.3, 0.4) is 0 Å². The molecule has 0 aliphatic rings. The predicted octanol–water partition coefficient (Wildman–Crippen LogP) is 3.65. The first-order chi connectivity index (χ1) is 6.65. The number of hydrogen-bond donors (Lipinski definition) is 1. The van der Waals surface area contributed by atoms with E-state index in [0.717, 1.165) is 18.8 Å². The van der Waals surface area contributed by atoms with E-state index in [2.05, 4.69) is 38.2 Å². The lowest BCUT2D eigenvalue weighted by Gasteiger charge is -2.11. The average Bonchev–Trinajstić information content (AvgIpc) is 2.14. The van der Waals surface area contributed by atoms with Crippen LogP contribution in [-0.2, 0) is 0 Å². The molecule has 0 amide bonds. The van der Waals surface area contributed by atoms with Gasteiger partial charge in [-0.1, -0.05) is 6.07 Å². The molecule has 0 aromatic heterocycles. The van der Waals surface area contributed by atoms with Crippen molar-refractivity contribution in [2.75, 3.05) is 17.7 Å². The minimum absolute atomic E-state index is 0.719. The van der Waals surface area contributed by atoms with E-state index in [1.165, 1.54) is 22.4 Å². The SMILES string of the molecule is Cc1cc(C)c(NCCCCl)cc1C. The highest BCUT2D eigenvalue weighted by molar-refractivity contribution is 6.17. The van der Waals surface area contributed by atoms with E-state index in [1.807, 2.05) is 0 Å². The molecule has 1 aromatic rings. The van der Waals surface area contributed by atoms with Gasteiger partial charge in [0.05, 0.1) is 0 Å². The molecule has 0 radical (unpaired) electrons. The second-order valence-corrected chi connectivity index (χ2v) is 4.10. The van der Waals surface area contributed by atoms with Gasteiger partial charge in [-0.05, 0) is 49.9 Å². The monoisotopic (exact) mass is 211 g/mol. The van der Waals surface area contributed by atoms with Crippen LogP contribution < -0.4 is 5.32 Å². The third-order valence-corrected chi connectivity index (χ3v) is 2.73. The Kier molecular flexibility index (Phi) is 4.27. The highest BCUT2D eigenvalue weighted by atomic mass is 35.5. The van der Waals surface area contributed by atoms with Crippen LogP contribution in [0.5, 0.6) is 0 Å². The summed E-state index contributed by atoms with van der Waals surface area (Å²) < 4.78 is 0. The molecule has 0 fully saturated rings. The van der Waals surface area contributed by atoms with Gasteiger partial charge in [-0.3, -0.25) is 0 Å². The largest absolute Gasteiger partial charge is 0.385 e. The number of aryl methyl sites for hydroxylation is 3. The fraction of sp³-hybridized carbons (Fsp3) is 0.500. The van der Waals surface area contributed by atoms with Gasteiger partial charge in [0.2, 0.25) is 0 Å². The van der Waals surface area contributed by atoms with E-state index in [-0.39, 0.29) is 0 Å². The molecule has 14 heavy (non-hydrogen) atoms. The zero-order valence-electron chi connectivity index (χ0n) is 9.15. The molecule has 0 aliphatic carbocycles. The Hall–Kier alpha value is -0.690. The first-order valence-corrected chi connectivity index (χ1v) is 5.56. The summed E-state index contributed by atoms with van der Waals surface area (Å²) in [7, 11) is 0. The molecule has 1 rings (SSSR count). The summed E-state index contributed by atoms with van der Waals surface area (Å²) in [6.45, 7) is 7.37. The number of anilines is 1. The number of halogens is 1. The number of benzene rings is 1. The van der Waals surface area contributed by atoms with Gasteiger partial charge in [-0.25, -0.2) is 0 Å². The summed E-state index contributed by atoms with van der Waals surface area (Å²) in [6.07, 6.45) is 1.01. The molecule has 0 atom stereocenters. The topological polar surface area (TPSA) is 12.0 Å². The van der Waals surface area contributed by atoms with Crippen molar-refractivity contribution in [3.8, 4) is 0 Å². The Morgan fingerprint density at radius 3 is 2.36 bits per heavy atom. The van der Waals surface area contributed by atoms with Crippen molar-refractivity contribution in [3.63, 3.8) is 0 Å². The van der Waals surface area contributed by atoms with E-state index >= 15 is 0 Å². The fourth-order valence-corrected chi connectivity index (χ4v) is 1.57. The van der Waals surface area contributed by atoms with Gasteiger partial charge in [0.1, 0.15) is 0 Å². The minimum atomic E-state index is 0.719. The Balaban J connectivity index is 2.72. The fourth-order valence-electron chi connectivity index (χ4n) is 1.44. The molecule has 78 valence electrons. The number of nitrogens with one attached hydrogen (secondary N) is 1. The van der Waals surface area contributed by atoms with Crippen LogP contribution in [0.15, 0.2) is 12.1 Å². The summed E-state index contributed by atoms with van der Waals surface area (Å²) in [6, 6.07) is 4.43. The molecule has 1 N–H and O–H groups in total. The van der Waals surface area contributed by atoms with Gasteiger partial charge in [0.15, 0.2) is 0 Å². The second kappa shape index (κ2) is 5.26. The van der Waals surface area contributed by atoms with E-state index in [1.54, 1.807) is 0 Å². The third-order valence-electron chi connectivity index (χ3n) is 2.47. The minimum Gasteiger partial charge on any atom is -0.385 e. The van der Waals surface area contributed by atoms with E-state index in [9.17, 15) is 0 Å². The lowest BCUT2D eigenvalue weighted by molar-refractivity contribution is 0.983. The molecule has 0 bridgehead atoms. The van der Waals surface area contributed by atoms with Crippen LogP contribution in [-0.4, -0.2) is 12.4 Å². The summed E-state index contributed by atoms with van der Waals surface area (Å²) in [5.41, 5.74) is 5.23. The Labute approximate surface area is 91.5 Å². The van der Waals surface area contributed by atoms with Gasteiger partial charge >= 0.3 is 0 Å². The molecule has 1 nitrogen and oxygen atoms in total. The lowest BCUT2D eigenvalue weighted by Crippen LogP contribution is -2.04. The molecule has 0 saturated carbocycles. The quantitative estimate of drug-likeness (QED) is 0.592. The van der Waals surface area contributed by atoms with Gasteiger partial charge in [0, 0.05) is 18.1 Å². The first kappa shape index (κ1) is 11.4. The van der Waals surface area contributed by atoms with Crippen molar-refractivity contribution in [2.24, 2.45) is 0 Å². The second-order valence-electron chi connectivity index (χ2n) is 3.72. The van der Waals surface area contributed by atoms with Gasteiger partial charge in [0.25, 0.3) is 0 Å². The van der Waals surface area contributed by atoms with E-state index in [0.29, 0.717) is 0 Å². The molecule has 0 aliphatic heterocycles. The molecule has 0 spiro atoms. The zero-order chi connectivity index (χ0) is 10.6. The van der Waals surface area contributed by atoms with Crippen molar-refractivity contribution in [3.05, 3.63) is 28.8 Å². The lowest BCUT2D eigenvalue weighted by atomic mass is 10.0. The van der Waals surface area contributed by atoms with Crippen LogP contribution in [0, 0.1) is 20.8 Å². The number of rotatable bonds is 4. The Morgan fingerprint density at radius 1 is 1.07 bits per heavy atom. The molecular formula is C12H18ClN. The van der Waals surface area contributed by atoms with Gasteiger partial charge < -0.3 is 5.32 Å². The molecule has 0 heterocycles. The molecule has 1 aromatic carbocycles. The third kappa shape index (κ3) is 2.91. The Bertz CT molecular complexity index is 307. The summed E-state index contributed by atoms with van der Waals surface area (Å²) in [5.74, 6) is 0.719. The highest BCUT2D eigenvalue weighted by Gasteiger charge is 2.00. The van der Waals surface area contributed by atoms with Gasteiger partial charge in [-0.2, -0.15) is 0 Å². The van der Waals surface area contributed by atoms with Crippen molar-refractivity contribution < 1.29 is 0 Å². The van der Waals surface area contributed by atoms with Crippen molar-refractivity contribution in [1.29, 1.82) is 0 Å². The maximum absolute atomic E-state index is 5.62. The molecular weight excluding hydrogens is 194 g/mol. The van der Waals surface area contributed by atoms with Crippen LogP contribution in [0.2, 0.25) is 0 Å². The number of hydrogen-bond acceptors (Lipinski definition) is 1. The summed E-state index contributed by atoms with van der Waals surface area (Å²) in [4.78, 5) is 0. The van der Waals surface area contributed by atoms with Crippen LogP contribution in [0.25, 0.3) is 0 Å². The smallest absolute Gasteiger partial charge is 0.0372 e. The normalized spacial score (nSPS) is 10.3. The van der Waals surface area contributed by atoms with Gasteiger partial charge in [-0.15, -0.1) is 11.6 Å². The van der Waals surface area contributed by atoms with Crippen molar-refractivity contribution >= 4 is 17.3 Å². The summed E-state index contributed by atoms with van der Waals surface area (Å²) >= 11 is 5.62. The van der Waals surface area contributed by atoms with E-state index in [4.69, 9.17) is 11.6 Å².